The molecule has 0 saturated carbocycles. The fourth-order valence-corrected chi connectivity index (χ4v) is 4.70. The summed E-state index contributed by atoms with van der Waals surface area (Å²) in [5, 5.41) is 12.8. The maximum Gasteiger partial charge on any atom is 0.239 e. The van der Waals surface area contributed by atoms with Gasteiger partial charge in [-0.3, -0.25) is 28.8 Å². The summed E-state index contributed by atoms with van der Waals surface area (Å²) >= 11 is 3.77. The number of amides is 5. The number of hydrogen-bond acceptors (Lipinski definition) is 7. The van der Waals surface area contributed by atoms with Crippen LogP contribution in [0.3, 0.4) is 0 Å². The lowest BCUT2D eigenvalue weighted by Gasteiger charge is -2.11. The first kappa shape index (κ1) is 32.4. The van der Waals surface area contributed by atoms with Gasteiger partial charge in [-0.05, 0) is 31.4 Å². The molecule has 12 nitrogen and oxygen atoms in total. The van der Waals surface area contributed by atoms with Crippen molar-refractivity contribution in [2.45, 2.75) is 44.6 Å². The van der Waals surface area contributed by atoms with E-state index in [1.807, 2.05) is 28.8 Å². The summed E-state index contributed by atoms with van der Waals surface area (Å²) < 4.78 is 1.95. The summed E-state index contributed by atoms with van der Waals surface area (Å²) in [5.41, 5.74) is 2.11. The lowest BCUT2D eigenvalue weighted by Crippen LogP contribution is -2.44. The van der Waals surface area contributed by atoms with E-state index in [1.165, 1.54) is 0 Å². The number of carbonyl (C=O) groups excluding carboxylic acids is 6. The molecule has 1 aliphatic rings. The molecule has 1 unspecified atom stereocenters. The van der Waals surface area contributed by atoms with Gasteiger partial charge in [0.25, 0.3) is 0 Å². The van der Waals surface area contributed by atoms with Crippen molar-refractivity contribution >= 4 is 47.9 Å². The Morgan fingerprint density at radius 3 is 1.88 bits per heavy atom. The highest BCUT2D eigenvalue weighted by molar-refractivity contribution is 7.81. The maximum absolute atomic E-state index is 12.9. The van der Waals surface area contributed by atoms with Gasteiger partial charge in [0.1, 0.15) is 0 Å². The summed E-state index contributed by atoms with van der Waals surface area (Å²) in [6.45, 7) is 0.895. The number of fused-ring (bicyclic) bond motifs is 1. The zero-order valence-electron chi connectivity index (χ0n) is 23.4. The number of unbranched alkanes of at least 4 members (excludes halogenated alkanes) is 3. The lowest BCUT2D eigenvalue weighted by molar-refractivity contribution is -0.128. The molecule has 1 aromatic heterocycles. The average molecular weight is 599 g/mol. The van der Waals surface area contributed by atoms with Crippen LogP contribution in [0.4, 0.5) is 0 Å². The third-order valence-corrected chi connectivity index (χ3v) is 7.09. The van der Waals surface area contributed by atoms with Crippen molar-refractivity contribution < 1.29 is 28.8 Å². The number of rotatable bonds is 17. The van der Waals surface area contributed by atoms with Crippen molar-refractivity contribution in [1.82, 2.24) is 31.2 Å². The van der Waals surface area contributed by atoms with Gasteiger partial charge in [-0.2, -0.15) is 12.6 Å². The molecule has 0 fully saturated rings. The molecular weight excluding hydrogens is 560 g/mol. The quantitative estimate of drug-likeness (QED) is 0.0869. The first-order valence-corrected chi connectivity index (χ1v) is 14.7. The van der Waals surface area contributed by atoms with Crippen LogP contribution in [0.5, 0.6) is 0 Å². The first-order chi connectivity index (χ1) is 20.3. The monoisotopic (exact) mass is 598 g/mol. The highest BCUT2D eigenvalue weighted by atomic mass is 32.1. The van der Waals surface area contributed by atoms with E-state index in [9.17, 15) is 28.8 Å². The second-order valence-electron chi connectivity index (χ2n) is 9.87. The first-order valence-electron chi connectivity index (χ1n) is 14.0. The Kier molecular flexibility index (Phi) is 13.1. The highest BCUT2D eigenvalue weighted by Crippen LogP contribution is 2.31. The van der Waals surface area contributed by atoms with E-state index in [1.54, 1.807) is 18.2 Å². The van der Waals surface area contributed by atoms with Crippen molar-refractivity contribution in [2.24, 2.45) is 0 Å². The molecule has 1 atom stereocenters. The molecule has 0 spiro atoms. The summed E-state index contributed by atoms with van der Waals surface area (Å²) in [7, 11) is 0. The van der Waals surface area contributed by atoms with Crippen LogP contribution in [0.25, 0.3) is 0 Å². The van der Waals surface area contributed by atoms with Crippen molar-refractivity contribution in [3.63, 3.8) is 0 Å². The predicted octanol–water partition coefficient (Wildman–Crippen LogP) is 0.278. The Morgan fingerprint density at radius 2 is 1.26 bits per heavy atom. The zero-order valence-corrected chi connectivity index (χ0v) is 24.3. The molecular formula is C29H38N6O6S. The van der Waals surface area contributed by atoms with Crippen LogP contribution in [0.1, 0.15) is 59.8 Å². The van der Waals surface area contributed by atoms with Gasteiger partial charge in [0.15, 0.2) is 0 Å². The molecule has 226 valence electrons. The predicted molar refractivity (Wildman–Crippen MR) is 159 cm³/mol. The topological polar surface area (TPSA) is 168 Å². The summed E-state index contributed by atoms with van der Waals surface area (Å²) in [6.07, 6.45) is 4.00. The molecule has 0 aliphatic carbocycles. The van der Waals surface area contributed by atoms with E-state index >= 15 is 0 Å². The van der Waals surface area contributed by atoms with Gasteiger partial charge in [-0.1, -0.05) is 43.2 Å². The molecule has 13 heteroatoms. The molecule has 2 aromatic rings. The molecule has 0 radical (unpaired) electrons. The lowest BCUT2D eigenvalue weighted by atomic mass is 10.0. The molecule has 0 bridgehead atoms. The van der Waals surface area contributed by atoms with E-state index in [-0.39, 0.29) is 48.9 Å². The minimum absolute atomic E-state index is 0.0281. The molecule has 5 amide bonds. The minimum atomic E-state index is -0.524. The van der Waals surface area contributed by atoms with Crippen molar-refractivity contribution in [1.29, 1.82) is 0 Å². The molecule has 2 heterocycles. The number of carbonyl (C=O) groups is 6. The van der Waals surface area contributed by atoms with Gasteiger partial charge in [0.2, 0.25) is 35.3 Å². The number of nitrogens with one attached hydrogen (secondary N) is 5. The number of hydrogen-bond donors (Lipinski definition) is 6. The minimum Gasteiger partial charge on any atom is -0.356 e. The van der Waals surface area contributed by atoms with Gasteiger partial charge < -0.3 is 31.2 Å². The van der Waals surface area contributed by atoms with Crippen LogP contribution >= 0.6 is 12.6 Å². The SMILES string of the molecule is O=C(CS)NCC(=O)NCC(=O)NCC(=O)NCCCCCCNC(=O)C1CCn2c(C(=O)c3ccccc3)ccc21. The van der Waals surface area contributed by atoms with Crippen molar-refractivity contribution in [3.05, 3.63) is 59.4 Å². The van der Waals surface area contributed by atoms with Gasteiger partial charge in [-0.25, -0.2) is 0 Å². The number of aromatic nitrogens is 1. The normalized spacial score (nSPS) is 13.5. The standard InChI is InChI=1S/C29H38N6O6S/c36-24(16-32-25(37)17-33-26(38)18-34-27(39)19-42)30-13-6-1-2-7-14-31-29(41)21-12-15-35-22(21)10-11-23(35)28(40)20-8-4-3-5-9-20/h3-5,8-11,21,42H,1-2,6-7,12-19H2,(H,30,36)(H,31,41)(H,32,37)(H,33,38)(H,34,39). The molecule has 3 rings (SSSR count). The van der Waals surface area contributed by atoms with E-state index in [0.717, 1.165) is 31.4 Å². The van der Waals surface area contributed by atoms with Crippen LogP contribution in [0.15, 0.2) is 42.5 Å². The summed E-state index contributed by atoms with van der Waals surface area (Å²) in [4.78, 5) is 71.9. The fraction of sp³-hybridized carbons (Fsp3) is 0.448. The van der Waals surface area contributed by atoms with Crippen LogP contribution in [0.2, 0.25) is 0 Å². The number of ketones is 1. The Labute approximate surface area is 250 Å². The van der Waals surface area contributed by atoms with Gasteiger partial charge >= 0.3 is 0 Å². The number of benzene rings is 1. The largest absolute Gasteiger partial charge is 0.356 e. The van der Waals surface area contributed by atoms with E-state index in [4.69, 9.17) is 0 Å². The Balaban J connectivity index is 1.21. The molecule has 42 heavy (non-hydrogen) atoms. The van der Waals surface area contributed by atoms with Crippen LogP contribution in [0, 0.1) is 0 Å². The second-order valence-corrected chi connectivity index (χ2v) is 10.2. The Morgan fingerprint density at radius 1 is 0.690 bits per heavy atom. The maximum atomic E-state index is 12.9. The van der Waals surface area contributed by atoms with E-state index in [2.05, 4.69) is 39.2 Å². The van der Waals surface area contributed by atoms with Gasteiger partial charge in [-0.15, -0.1) is 0 Å². The smallest absolute Gasteiger partial charge is 0.239 e. The summed E-state index contributed by atoms with van der Waals surface area (Å²) in [6, 6.07) is 12.8. The van der Waals surface area contributed by atoms with Crippen LogP contribution in [-0.2, 0) is 30.5 Å². The number of nitrogens with zero attached hydrogens (tertiary/aromatic N) is 1. The van der Waals surface area contributed by atoms with E-state index in [0.29, 0.717) is 37.3 Å². The van der Waals surface area contributed by atoms with Crippen LogP contribution < -0.4 is 26.6 Å². The van der Waals surface area contributed by atoms with E-state index < -0.39 is 17.7 Å². The third kappa shape index (κ3) is 10.1. The highest BCUT2D eigenvalue weighted by Gasteiger charge is 2.31. The van der Waals surface area contributed by atoms with Crippen LogP contribution in [-0.4, -0.2) is 78.4 Å². The van der Waals surface area contributed by atoms with Crippen molar-refractivity contribution in [2.75, 3.05) is 38.5 Å². The Bertz CT molecular complexity index is 1260. The molecule has 0 saturated heterocycles. The molecule has 1 aromatic carbocycles. The van der Waals surface area contributed by atoms with Gasteiger partial charge in [0, 0.05) is 30.9 Å². The molecule has 1 aliphatic heterocycles. The second kappa shape index (κ2) is 17.0. The van der Waals surface area contributed by atoms with Gasteiger partial charge in [0.05, 0.1) is 37.0 Å². The zero-order chi connectivity index (χ0) is 30.3. The number of thiol groups is 1. The molecule has 5 N–H and O–H groups in total. The van der Waals surface area contributed by atoms with Crippen molar-refractivity contribution in [3.8, 4) is 0 Å². The average Bonchev–Trinajstić information content (AvgIpc) is 3.61. The summed E-state index contributed by atoms with van der Waals surface area (Å²) in [5.74, 6) is -2.15. The fourth-order valence-electron chi connectivity index (χ4n) is 4.59. The third-order valence-electron chi connectivity index (χ3n) is 6.80. The Hall–Kier alpha value is -4.13.